The zero-order chi connectivity index (χ0) is 13.5. The summed E-state index contributed by atoms with van der Waals surface area (Å²) >= 11 is 3.40. The molecule has 0 atom stereocenters. The molecule has 1 rings (SSSR count). The Balaban J connectivity index is 0.00000324. The number of carbonyl (C=O) groups excluding carboxylic acids is 1. The summed E-state index contributed by atoms with van der Waals surface area (Å²) in [6.07, 6.45) is 0.328. The van der Waals surface area contributed by atoms with Crippen LogP contribution in [-0.2, 0) is 11.3 Å². The number of carbonyl (C=O) groups is 1. The molecule has 0 aliphatic carbocycles. The monoisotopic (exact) mass is 352 g/mol. The second-order valence-electron chi connectivity index (χ2n) is 3.63. The van der Waals surface area contributed by atoms with E-state index >= 15 is 0 Å². The Kier molecular flexibility index (Phi) is 8.54. The average Bonchev–Trinajstić information content (AvgIpc) is 2.36. The lowest BCUT2D eigenvalue weighted by Gasteiger charge is -2.12. The number of benzene rings is 1. The van der Waals surface area contributed by atoms with Gasteiger partial charge in [-0.15, -0.1) is 12.4 Å². The molecule has 1 amide bonds. The highest BCUT2D eigenvalue weighted by Gasteiger charge is 2.10. The highest BCUT2D eigenvalue weighted by Crippen LogP contribution is 2.36. The normalized spacial score (nSPS) is 9.47. The first kappa shape index (κ1) is 18.0. The fourth-order valence-corrected chi connectivity index (χ4v) is 2.14. The number of hydrogen-bond donors (Lipinski definition) is 2. The predicted molar refractivity (Wildman–Crippen MR) is 80.0 cm³/mol. The summed E-state index contributed by atoms with van der Waals surface area (Å²) in [7, 11) is 3.15. The first-order valence-corrected chi connectivity index (χ1v) is 6.28. The quantitative estimate of drug-likeness (QED) is 0.818. The summed E-state index contributed by atoms with van der Waals surface area (Å²) in [6, 6.07) is 3.70. The van der Waals surface area contributed by atoms with Crippen LogP contribution in [0.1, 0.15) is 12.0 Å². The van der Waals surface area contributed by atoms with Crippen LogP contribution in [0.25, 0.3) is 0 Å². The molecule has 19 heavy (non-hydrogen) atoms. The SMILES string of the molecule is COc1cc(CNC(=O)CCN)cc(Br)c1OC.Cl. The van der Waals surface area contributed by atoms with Crippen molar-refractivity contribution in [3.05, 3.63) is 22.2 Å². The number of nitrogens with two attached hydrogens (primary N) is 1. The summed E-state index contributed by atoms with van der Waals surface area (Å²) in [5.41, 5.74) is 6.22. The second kappa shape index (κ2) is 9.01. The van der Waals surface area contributed by atoms with Crippen molar-refractivity contribution in [1.29, 1.82) is 0 Å². The molecule has 1 aromatic carbocycles. The molecule has 0 saturated heterocycles. The van der Waals surface area contributed by atoms with Crippen LogP contribution in [0.3, 0.4) is 0 Å². The molecule has 108 valence electrons. The van der Waals surface area contributed by atoms with Crippen LogP contribution in [-0.4, -0.2) is 26.7 Å². The van der Waals surface area contributed by atoms with Gasteiger partial charge in [0.15, 0.2) is 11.5 Å². The Morgan fingerprint density at radius 3 is 2.58 bits per heavy atom. The lowest BCUT2D eigenvalue weighted by atomic mass is 10.2. The van der Waals surface area contributed by atoms with Gasteiger partial charge >= 0.3 is 0 Å². The van der Waals surface area contributed by atoms with Gasteiger partial charge in [-0.25, -0.2) is 0 Å². The minimum absolute atomic E-state index is 0. The molecule has 0 spiro atoms. The number of hydrogen-bond acceptors (Lipinski definition) is 4. The number of amides is 1. The topological polar surface area (TPSA) is 73.6 Å². The number of methoxy groups -OCH3 is 2. The first-order chi connectivity index (χ1) is 8.62. The zero-order valence-corrected chi connectivity index (χ0v) is 13.3. The number of halogens is 2. The zero-order valence-electron chi connectivity index (χ0n) is 10.9. The van der Waals surface area contributed by atoms with Crippen LogP contribution in [0.4, 0.5) is 0 Å². The summed E-state index contributed by atoms with van der Waals surface area (Å²) in [6.45, 7) is 0.777. The van der Waals surface area contributed by atoms with Crippen LogP contribution in [0.2, 0.25) is 0 Å². The maximum Gasteiger partial charge on any atom is 0.221 e. The van der Waals surface area contributed by atoms with Crippen molar-refractivity contribution in [2.75, 3.05) is 20.8 Å². The maximum atomic E-state index is 11.3. The highest BCUT2D eigenvalue weighted by atomic mass is 79.9. The number of nitrogens with one attached hydrogen (secondary N) is 1. The van der Waals surface area contributed by atoms with Gasteiger partial charge in [-0.2, -0.15) is 0 Å². The Bertz CT molecular complexity index is 430. The molecule has 0 unspecified atom stereocenters. The molecule has 0 fully saturated rings. The number of rotatable bonds is 6. The van der Waals surface area contributed by atoms with E-state index in [-0.39, 0.29) is 18.3 Å². The van der Waals surface area contributed by atoms with Gasteiger partial charge in [0.05, 0.1) is 18.7 Å². The second-order valence-corrected chi connectivity index (χ2v) is 4.48. The van der Waals surface area contributed by atoms with Gasteiger partial charge in [-0.3, -0.25) is 4.79 Å². The van der Waals surface area contributed by atoms with E-state index in [0.717, 1.165) is 10.0 Å². The van der Waals surface area contributed by atoms with E-state index < -0.39 is 0 Å². The Labute approximate surface area is 127 Å². The molecule has 0 saturated carbocycles. The number of ether oxygens (including phenoxy) is 2. The van der Waals surface area contributed by atoms with Crippen LogP contribution in [0.15, 0.2) is 16.6 Å². The van der Waals surface area contributed by atoms with Crippen molar-refractivity contribution in [3.8, 4) is 11.5 Å². The van der Waals surface area contributed by atoms with Gasteiger partial charge in [-0.05, 0) is 33.6 Å². The molecule has 7 heteroatoms. The first-order valence-electron chi connectivity index (χ1n) is 5.49. The van der Waals surface area contributed by atoms with E-state index in [1.54, 1.807) is 14.2 Å². The van der Waals surface area contributed by atoms with E-state index in [4.69, 9.17) is 15.2 Å². The molecule has 0 aliphatic heterocycles. The van der Waals surface area contributed by atoms with E-state index in [0.29, 0.717) is 31.0 Å². The van der Waals surface area contributed by atoms with E-state index in [1.165, 1.54) is 0 Å². The van der Waals surface area contributed by atoms with Crippen molar-refractivity contribution in [2.24, 2.45) is 5.73 Å². The third-order valence-electron chi connectivity index (χ3n) is 2.35. The van der Waals surface area contributed by atoms with E-state index in [9.17, 15) is 4.79 Å². The molecule has 0 bridgehead atoms. The minimum Gasteiger partial charge on any atom is -0.493 e. The smallest absolute Gasteiger partial charge is 0.221 e. The molecule has 5 nitrogen and oxygen atoms in total. The fourth-order valence-electron chi connectivity index (χ4n) is 1.49. The fraction of sp³-hybridized carbons (Fsp3) is 0.417. The van der Waals surface area contributed by atoms with Crippen LogP contribution in [0.5, 0.6) is 11.5 Å². The van der Waals surface area contributed by atoms with Crippen molar-refractivity contribution in [1.82, 2.24) is 5.32 Å². The van der Waals surface area contributed by atoms with Gasteiger partial charge in [0.2, 0.25) is 5.91 Å². The lowest BCUT2D eigenvalue weighted by molar-refractivity contribution is -0.121. The van der Waals surface area contributed by atoms with Crippen molar-refractivity contribution in [3.63, 3.8) is 0 Å². The minimum atomic E-state index is -0.0663. The van der Waals surface area contributed by atoms with Crippen molar-refractivity contribution < 1.29 is 14.3 Å². The van der Waals surface area contributed by atoms with Gasteiger partial charge in [0.1, 0.15) is 0 Å². The Morgan fingerprint density at radius 2 is 2.05 bits per heavy atom. The molecule has 0 heterocycles. The molecular formula is C12H18BrClN2O3. The highest BCUT2D eigenvalue weighted by molar-refractivity contribution is 9.10. The van der Waals surface area contributed by atoms with Gasteiger partial charge < -0.3 is 20.5 Å². The van der Waals surface area contributed by atoms with Crippen molar-refractivity contribution >= 4 is 34.2 Å². The molecular weight excluding hydrogens is 336 g/mol. The van der Waals surface area contributed by atoms with Gasteiger partial charge in [0.25, 0.3) is 0 Å². The molecule has 0 radical (unpaired) electrons. The van der Waals surface area contributed by atoms with E-state index in [2.05, 4.69) is 21.2 Å². The standard InChI is InChI=1S/C12H17BrN2O3.ClH/c1-17-10-6-8(5-9(13)12(10)18-2)7-15-11(16)3-4-14;/h5-6H,3-4,7,14H2,1-2H3,(H,15,16);1H. The van der Waals surface area contributed by atoms with E-state index in [1.807, 2.05) is 12.1 Å². The third-order valence-corrected chi connectivity index (χ3v) is 2.94. The third kappa shape index (κ3) is 5.26. The van der Waals surface area contributed by atoms with Crippen molar-refractivity contribution in [2.45, 2.75) is 13.0 Å². The summed E-state index contributed by atoms with van der Waals surface area (Å²) in [5, 5.41) is 2.78. The summed E-state index contributed by atoms with van der Waals surface area (Å²) in [4.78, 5) is 11.3. The largest absolute Gasteiger partial charge is 0.493 e. The molecule has 3 N–H and O–H groups in total. The summed E-state index contributed by atoms with van der Waals surface area (Å²) in [5.74, 6) is 1.19. The Hall–Kier alpha value is -0.980. The maximum absolute atomic E-state index is 11.3. The average molecular weight is 354 g/mol. The van der Waals surface area contributed by atoms with Crippen LogP contribution < -0.4 is 20.5 Å². The predicted octanol–water partition coefficient (Wildman–Crippen LogP) is 1.85. The summed E-state index contributed by atoms with van der Waals surface area (Å²) < 4.78 is 11.2. The Morgan fingerprint density at radius 1 is 1.37 bits per heavy atom. The lowest BCUT2D eigenvalue weighted by Crippen LogP contribution is -2.25. The molecule has 0 aromatic heterocycles. The van der Waals surface area contributed by atoms with Crippen LogP contribution >= 0.6 is 28.3 Å². The van der Waals surface area contributed by atoms with Gasteiger partial charge in [-0.1, -0.05) is 0 Å². The molecule has 0 aliphatic rings. The molecule has 1 aromatic rings. The van der Waals surface area contributed by atoms with Crippen LogP contribution in [0, 0.1) is 0 Å². The van der Waals surface area contributed by atoms with Gasteiger partial charge in [0, 0.05) is 19.5 Å².